The Morgan fingerprint density at radius 3 is 2.50 bits per heavy atom. The second-order valence-corrected chi connectivity index (χ2v) is 4.47. The first-order valence-electron chi connectivity index (χ1n) is 5.67. The molecule has 1 fully saturated rings. The van der Waals surface area contributed by atoms with Crippen LogP contribution in [0.1, 0.15) is 51.9 Å². The summed E-state index contributed by atoms with van der Waals surface area (Å²) in [6.45, 7) is 1.63. The molecule has 0 bridgehead atoms. The van der Waals surface area contributed by atoms with Crippen LogP contribution >= 0.6 is 0 Å². The summed E-state index contributed by atoms with van der Waals surface area (Å²) in [6, 6.07) is 0. The molecule has 2 nitrogen and oxygen atoms in total. The molecule has 2 heteroatoms. The van der Waals surface area contributed by atoms with Gasteiger partial charge in [-0.3, -0.25) is 0 Å². The van der Waals surface area contributed by atoms with Crippen molar-refractivity contribution in [2.24, 2.45) is 11.8 Å². The Hall–Kier alpha value is -0.660. The summed E-state index contributed by atoms with van der Waals surface area (Å²) in [4.78, 5) is 21.6. The predicted molar refractivity (Wildman–Crippen MR) is 56.0 cm³/mol. The largest absolute Gasteiger partial charge is 0.303 e. The van der Waals surface area contributed by atoms with Crippen LogP contribution in [0.15, 0.2) is 0 Å². The molecule has 1 saturated carbocycles. The maximum atomic E-state index is 11.1. The predicted octanol–water partition coefficient (Wildman–Crippen LogP) is 2.75. The Bertz CT molecular complexity index is 192. The molecule has 0 radical (unpaired) electrons. The SMILES string of the molecule is CC(=O)CC(CC=O)C1CCCCC1. The fourth-order valence-electron chi connectivity index (χ4n) is 2.54. The maximum absolute atomic E-state index is 11.1. The van der Waals surface area contributed by atoms with Gasteiger partial charge in [0.2, 0.25) is 0 Å². The van der Waals surface area contributed by atoms with E-state index in [0.29, 0.717) is 24.7 Å². The third-order valence-electron chi connectivity index (χ3n) is 3.27. The third kappa shape index (κ3) is 3.60. The lowest BCUT2D eigenvalue weighted by Crippen LogP contribution is -2.20. The first-order valence-corrected chi connectivity index (χ1v) is 5.67. The van der Waals surface area contributed by atoms with Gasteiger partial charge in [-0.05, 0) is 18.8 Å². The molecule has 0 saturated heterocycles. The monoisotopic (exact) mass is 196 g/mol. The number of hydrogen-bond donors (Lipinski definition) is 0. The van der Waals surface area contributed by atoms with Crippen LogP contribution in [-0.2, 0) is 9.59 Å². The van der Waals surface area contributed by atoms with E-state index in [1.165, 1.54) is 32.1 Å². The van der Waals surface area contributed by atoms with E-state index in [-0.39, 0.29) is 5.78 Å². The van der Waals surface area contributed by atoms with Crippen LogP contribution in [0.5, 0.6) is 0 Å². The van der Waals surface area contributed by atoms with Gasteiger partial charge in [-0.1, -0.05) is 32.1 Å². The molecule has 0 aromatic rings. The van der Waals surface area contributed by atoms with Crippen LogP contribution < -0.4 is 0 Å². The standard InChI is InChI=1S/C12H20O2/c1-10(14)9-12(7-8-13)11-5-3-2-4-6-11/h8,11-12H,2-7,9H2,1H3. The molecule has 0 N–H and O–H groups in total. The maximum Gasteiger partial charge on any atom is 0.130 e. The van der Waals surface area contributed by atoms with Gasteiger partial charge in [0.15, 0.2) is 0 Å². The number of aldehydes is 1. The van der Waals surface area contributed by atoms with Crippen molar-refractivity contribution < 1.29 is 9.59 Å². The topological polar surface area (TPSA) is 34.1 Å². The normalized spacial score (nSPS) is 20.4. The summed E-state index contributed by atoms with van der Waals surface area (Å²) >= 11 is 0. The van der Waals surface area contributed by atoms with Crippen LogP contribution in [0.3, 0.4) is 0 Å². The smallest absolute Gasteiger partial charge is 0.130 e. The quantitative estimate of drug-likeness (QED) is 0.633. The van der Waals surface area contributed by atoms with Crippen molar-refractivity contribution in [1.29, 1.82) is 0 Å². The number of hydrogen-bond acceptors (Lipinski definition) is 2. The highest BCUT2D eigenvalue weighted by Gasteiger charge is 2.24. The fourth-order valence-corrected chi connectivity index (χ4v) is 2.54. The number of carbonyl (C=O) groups excluding carboxylic acids is 2. The highest BCUT2D eigenvalue weighted by atomic mass is 16.1. The van der Waals surface area contributed by atoms with E-state index < -0.39 is 0 Å². The highest BCUT2D eigenvalue weighted by molar-refractivity contribution is 5.76. The molecule has 0 heterocycles. The van der Waals surface area contributed by atoms with Gasteiger partial charge in [-0.25, -0.2) is 0 Å². The first kappa shape index (κ1) is 11.4. The summed E-state index contributed by atoms with van der Waals surface area (Å²) in [5, 5.41) is 0. The minimum Gasteiger partial charge on any atom is -0.303 e. The number of Topliss-reactive ketones (excluding diaryl/α,β-unsaturated/α-hetero) is 1. The minimum atomic E-state index is 0.224. The van der Waals surface area contributed by atoms with Gasteiger partial charge >= 0.3 is 0 Å². The van der Waals surface area contributed by atoms with E-state index in [4.69, 9.17) is 0 Å². The van der Waals surface area contributed by atoms with E-state index in [2.05, 4.69) is 0 Å². The first-order chi connectivity index (χ1) is 6.74. The van der Waals surface area contributed by atoms with E-state index in [1.54, 1.807) is 6.92 Å². The summed E-state index contributed by atoms with van der Waals surface area (Å²) in [5.74, 6) is 1.17. The van der Waals surface area contributed by atoms with Crippen LogP contribution in [0.25, 0.3) is 0 Å². The lowest BCUT2D eigenvalue weighted by Gasteiger charge is -2.28. The average Bonchev–Trinajstić information content (AvgIpc) is 2.18. The molecule has 1 atom stereocenters. The van der Waals surface area contributed by atoms with E-state index in [1.807, 2.05) is 0 Å². The molecular weight excluding hydrogens is 176 g/mol. The van der Waals surface area contributed by atoms with Crippen molar-refractivity contribution in [2.45, 2.75) is 51.9 Å². The van der Waals surface area contributed by atoms with E-state index >= 15 is 0 Å². The Labute approximate surface area is 86.1 Å². The van der Waals surface area contributed by atoms with Crippen LogP contribution in [0.2, 0.25) is 0 Å². The van der Waals surface area contributed by atoms with Crippen molar-refractivity contribution in [3.05, 3.63) is 0 Å². The highest BCUT2D eigenvalue weighted by Crippen LogP contribution is 2.33. The molecule has 0 amide bonds. The zero-order chi connectivity index (χ0) is 10.4. The molecular formula is C12H20O2. The molecule has 0 spiro atoms. The Balaban J connectivity index is 2.46. The number of carbonyl (C=O) groups is 2. The molecule has 0 aliphatic heterocycles. The second-order valence-electron chi connectivity index (χ2n) is 4.47. The lowest BCUT2D eigenvalue weighted by molar-refractivity contribution is -0.118. The Morgan fingerprint density at radius 1 is 1.36 bits per heavy atom. The molecule has 80 valence electrons. The van der Waals surface area contributed by atoms with Gasteiger partial charge in [0.05, 0.1) is 0 Å². The van der Waals surface area contributed by atoms with Crippen molar-refractivity contribution >= 4 is 12.1 Å². The zero-order valence-corrected chi connectivity index (χ0v) is 9.00. The van der Waals surface area contributed by atoms with Gasteiger partial charge in [0, 0.05) is 12.8 Å². The molecule has 1 unspecified atom stereocenters. The van der Waals surface area contributed by atoms with Crippen LogP contribution in [0.4, 0.5) is 0 Å². The molecule has 0 aromatic heterocycles. The van der Waals surface area contributed by atoms with Crippen molar-refractivity contribution in [3.63, 3.8) is 0 Å². The third-order valence-corrected chi connectivity index (χ3v) is 3.27. The number of rotatable bonds is 5. The van der Waals surface area contributed by atoms with Gasteiger partial charge in [0.1, 0.15) is 12.1 Å². The van der Waals surface area contributed by atoms with Gasteiger partial charge in [0.25, 0.3) is 0 Å². The molecule has 1 aliphatic rings. The van der Waals surface area contributed by atoms with Crippen LogP contribution in [0, 0.1) is 11.8 Å². The summed E-state index contributed by atoms with van der Waals surface area (Å²) < 4.78 is 0. The summed E-state index contributed by atoms with van der Waals surface area (Å²) in [5.41, 5.74) is 0. The minimum absolute atomic E-state index is 0.224. The second kappa shape index (κ2) is 5.94. The van der Waals surface area contributed by atoms with E-state index in [9.17, 15) is 9.59 Å². The zero-order valence-electron chi connectivity index (χ0n) is 9.00. The average molecular weight is 196 g/mol. The lowest BCUT2D eigenvalue weighted by atomic mass is 9.77. The summed E-state index contributed by atoms with van der Waals surface area (Å²) in [6.07, 6.45) is 8.45. The Kier molecular flexibility index (Phi) is 4.85. The van der Waals surface area contributed by atoms with Crippen molar-refractivity contribution in [2.75, 3.05) is 0 Å². The van der Waals surface area contributed by atoms with Gasteiger partial charge < -0.3 is 9.59 Å². The Morgan fingerprint density at radius 2 is 2.00 bits per heavy atom. The van der Waals surface area contributed by atoms with Crippen LogP contribution in [-0.4, -0.2) is 12.1 Å². The summed E-state index contributed by atoms with van der Waals surface area (Å²) in [7, 11) is 0. The van der Waals surface area contributed by atoms with Gasteiger partial charge in [-0.15, -0.1) is 0 Å². The van der Waals surface area contributed by atoms with Crippen molar-refractivity contribution in [1.82, 2.24) is 0 Å². The molecule has 14 heavy (non-hydrogen) atoms. The van der Waals surface area contributed by atoms with Gasteiger partial charge in [-0.2, -0.15) is 0 Å². The number of ketones is 1. The fraction of sp³-hybridized carbons (Fsp3) is 0.833. The molecule has 1 aliphatic carbocycles. The molecule has 0 aromatic carbocycles. The van der Waals surface area contributed by atoms with E-state index in [0.717, 1.165) is 6.29 Å². The molecule has 1 rings (SSSR count). The van der Waals surface area contributed by atoms with Crippen molar-refractivity contribution in [3.8, 4) is 0 Å².